The first-order valence-electron chi connectivity index (χ1n) is 8.18. The molecule has 0 fully saturated rings. The van der Waals surface area contributed by atoms with Crippen LogP contribution in [0.5, 0.6) is 5.75 Å². The zero-order valence-electron chi connectivity index (χ0n) is 14.3. The van der Waals surface area contributed by atoms with E-state index in [1.165, 1.54) is 7.11 Å². The van der Waals surface area contributed by atoms with E-state index in [-0.39, 0.29) is 24.3 Å². The number of nitrogens with zero attached hydrogens (tertiary/aromatic N) is 1. The van der Waals surface area contributed by atoms with E-state index in [4.69, 9.17) is 16.2 Å². The third kappa shape index (κ3) is 5.66. The van der Waals surface area contributed by atoms with E-state index in [0.717, 1.165) is 24.1 Å². The van der Waals surface area contributed by atoms with Crippen molar-refractivity contribution >= 4 is 23.5 Å². The van der Waals surface area contributed by atoms with Gasteiger partial charge in [-0.05, 0) is 30.9 Å². The van der Waals surface area contributed by atoms with Gasteiger partial charge in [-0.3, -0.25) is 14.6 Å². The summed E-state index contributed by atoms with van der Waals surface area (Å²) in [7, 11) is 1.32. The standard InChI is InChI=1S/C17H24N4O4/c1-24-15(22)9-12-8-11-4-5-13(10-14(11)21-16(12)23)25-7-3-2-6-20-17(18)19/h4-5,10,12H,2-3,6-9H2,1H3,(H,21,23)(H4,18,19,20). The van der Waals surface area contributed by atoms with Crippen molar-refractivity contribution in [3.8, 4) is 5.75 Å². The van der Waals surface area contributed by atoms with Crippen LogP contribution in [0.4, 0.5) is 5.69 Å². The van der Waals surface area contributed by atoms with E-state index in [9.17, 15) is 9.59 Å². The molecule has 1 amide bonds. The molecule has 8 nitrogen and oxygen atoms in total. The van der Waals surface area contributed by atoms with Crippen molar-refractivity contribution in [2.24, 2.45) is 22.4 Å². The van der Waals surface area contributed by atoms with Crippen LogP contribution in [0.2, 0.25) is 0 Å². The highest BCUT2D eigenvalue weighted by atomic mass is 16.5. The van der Waals surface area contributed by atoms with Gasteiger partial charge >= 0.3 is 5.97 Å². The number of amides is 1. The molecule has 1 aromatic rings. The largest absolute Gasteiger partial charge is 0.494 e. The summed E-state index contributed by atoms with van der Waals surface area (Å²) in [5.74, 6) is -0.178. The third-order valence-corrected chi connectivity index (χ3v) is 3.93. The molecule has 1 heterocycles. The maximum Gasteiger partial charge on any atom is 0.306 e. The summed E-state index contributed by atoms with van der Waals surface area (Å²) in [6.45, 7) is 1.12. The van der Waals surface area contributed by atoms with Crippen molar-refractivity contribution in [1.82, 2.24) is 0 Å². The van der Waals surface area contributed by atoms with Crippen LogP contribution < -0.4 is 21.5 Å². The Labute approximate surface area is 146 Å². The maximum absolute atomic E-state index is 12.1. The van der Waals surface area contributed by atoms with Gasteiger partial charge in [0.05, 0.1) is 26.1 Å². The van der Waals surface area contributed by atoms with Crippen LogP contribution in [0.15, 0.2) is 23.2 Å². The minimum atomic E-state index is -0.401. The molecule has 1 unspecified atom stereocenters. The molecule has 0 saturated carbocycles. The molecular weight excluding hydrogens is 324 g/mol. The van der Waals surface area contributed by atoms with Crippen molar-refractivity contribution in [1.29, 1.82) is 0 Å². The Hall–Kier alpha value is -2.77. The molecule has 0 aliphatic carbocycles. The van der Waals surface area contributed by atoms with Gasteiger partial charge < -0.3 is 26.3 Å². The van der Waals surface area contributed by atoms with E-state index in [0.29, 0.717) is 25.3 Å². The van der Waals surface area contributed by atoms with Crippen LogP contribution >= 0.6 is 0 Å². The Balaban J connectivity index is 1.86. The molecule has 0 aromatic heterocycles. The highest BCUT2D eigenvalue weighted by Gasteiger charge is 2.28. The van der Waals surface area contributed by atoms with E-state index in [1.807, 2.05) is 12.1 Å². The summed E-state index contributed by atoms with van der Waals surface area (Å²) in [5.41, 5.74) is 12.2. The van der Waals surface area contributed by atoms with E-state index < -0.39 is 5.92 Å². The quantitative estimate of drug-likeness (QED) is 0.276. The fourth-order valence-corrected chi connectivity index (χ4v) is 2.59. The molecule has 0 bridgehead atoms. The van der Waals surface area contributed by atoms with Gasteiger partial charge in [0.25, 0.3) is 0 Å². The average molecular weight is 348 g/mol. The summed E-state index contributed by atoms with van der Waals surface area (Å²) in [6.07, 6.45) is 2.24. The van der Waals surface area contributed by atoms with Gasteiger partial charge in [-0.25, -0.2) is 0 Å². The number of rotatable bonds is 8. The highest BCUT2D eigenvalue weighted by Crippen LogP contribution is 2.30. The lowest BCUT2D eigenvalue weighted by atomic mass is 9.90. The first-order chi connectivity index (χ1) is 12.0. The molecule has 25 heavy (non-hydrogen) atoms. The number of ether oxygens (including phenoxy) is 2. The number of benzene rings is 1. The van der Waals surface area contributed by atoms with Gasteiger partial charge in [0.1, 0.15) is 5.75 Å². The molecule has 1 atom stereocenters. The Bertz CT molecular complexity index is 656. The number of aliphatic imine (C=N–C) groups is 1. The van der Waals surface area contributed by atoms with Gasteiger partial charge in [0.2, 0.25) is 5.91 Å². The second-order valence-corrected chi connectivity index (χ2v) is 5.85. The number of fused-ring (bicyclic) bond motifs is 1. The van der Waals surface area contributed by atoms with Gasteiger partial charge in [-0.1, -0.05) is 6.07 Å². The maximum atomic E-state index is 12.1. The van der Waals surface area contributed by atoms with Crippen LogP contribution in [0, 0.1) is 5.92 Å². The molecule has 0 saturated heterocycles. The van der Waals surface area contributed by atoms with Gasteiger partial charge in [0, 0.05) is 18.3 Å². The van der Waals surface area contributed by atoms with Gasteiger partial charge in [-0.2, -0.15) is 0 Å². The Morgan fingerprint density at radius 3 is 2.88 bits per heavy atom. The second kappa shape index (κ2) is 8.91. The third-order valence-electron chi connectivity index (χ3n) is 3.93. The molecular formula is C17H24N4O4. The molecule has 136 valence electrons. The molecule has 1 aliphatic rings. The van der Waals surface area contributed by atoms with Crippen LogP contribution in [-0.4, -0.2) is 38.1 Å². The minimum absolute atomic E-state index is 0.0792. The zero-order chi connectivity index (χ0) is 18.2. The van der Waals surface area contributed by atoms with Crippen molar-refractivity contribution < 1.29 is 19.1 Å². The monoisotopic (exact) mass is 348 g/mol. The lowest BCUT2D eigenvalue weighted by Crippen LogP contribution is -2.31. The number of anilines is 1. The average Bonchev–Trinajstić information content (AvgIpc) is 2.58. The molecule has 1 aromatic carbocycles. The van der Waals surface area contributed by atoms with Crippen LogP contribution in [-0.2, 0) is 20.7 Å². The zero-order valence-corrected chi connectivity index (χ0v) is 14.3. The first-order valence-corrected chi connectivity index (χ1v) is 8.18. The first kappa shape index (κ1) is 18.6. The second-order valence-electron chi connectivity index (χ2n) is 5.85. The van der Waals surface area contributed by atoms with Crippen molar-refractivity contribution in [2.45, 2.75) is 25.7 Å². The smallest absolute Gasteiger partial charge is 0.306 e. The lowest BCUT2D eigenvalue weighted by molar-refractivity contribution is -0.143. The number of guanidine groups is 1. The van der Waals surface area contributed by atoms with E-state index >= 15 is 0 Å². The van der Waals surface area contributed by atoms with Crippen LogP contribution in [0.25, 0.3) is 0 Å². The Kier molecular flexibility index (Phi) is 6.62. The molecule has 5 N–H and O–H groups in total. The van der Waals surface area contributed by atoms with Gasteiger partial charge in [-0.15, -0.1) is 0 Å². The lowest BCUT2D eigenvalue weighted by Gasteiger charge is -2.24. The number of hydrogen-bond donors (Lipinski definition) is 3. The number of nitrogens with one attached hydrogen (secondary N) is 1. The molecule has 1 aliphatic heterocycles. The number of esters is 1. The summed E-state index contributed by atoms with van der Waals surface area (Å²) in [5, 5.41) is 2.83. The summed E-state index contributed by atoms with van der Waals surface area (Å²) < 4.78 is 10.3. The Morgan fingerprint density at radius 1 is 1.36 bits per heavy atom. The number of unbranched alkanes of at least 4 members (excludes halogenated alkanes) is 1. The highest BCUT2D eigenvalue weighted by molar-refractivity contribution is 5.97. The van der Waals surface area contributed by atoms with E-state index in [1.54, 1.807) is 6.07 Å². The molecule has 8 heteroatoms. The Morgan fingerprint density at radius 2 is 2.16 bits per heavy atom. The molecule has 0 spiro atoms. The van der Waals surface area contributed by atoms with Crippen molar-refractivity contribution in [2.75, 3.05) is 25.6 Å². The fourth-order valence-electron chi connectivity index (χ4n) is 2.59. The predicted octanol–water partition coefficient (Wildman–Crippen LogP) is 0.793. The minimum Gasteiger partial charge on any atom is -0.494 e. The SMILES string of the molecule is COC(=O)CC1Cc2ccc(OCCCCN=C(N)N)cc2NC1=O. The fraction of sp³-hybridized carbons (Fsp3) is 0.471. The van der Waals surface area contributed by atoms with Gasteiger partial charge in [0.15, 0.2) is 5.96 Å². The molecule has 0 radical (unpaired) electrons. The summed E-state index contributed by atoms with van der Waals surface area (Å²) in [4.78, 5) is 27.4. The predicted molar refractivity (Wildman–Crippen MR) is 94.3 cm³/mol. The van der Waals surface area contributed by atoms with Crippen LogP contribution in [0.3, 0.4) is 0 Å². The van der Waals surface area contributed by atoms with Crippen molar-refractivity contribution in [3.05, 3.63) is 23.8 Å². The number of hydrogen-bond acceptors (Lipinski definition) is 5. The molecule has 2 rings (SSSR count). The summed E-state index contributed by atoms with van der Waals surface area (Å²) in [6, 6.07) is 5.58. The van der Waals surface area contributed by atoms with Crippen LogP contribution in [0.1, 0.15) is 24.8 Å². The topological polar surface area (TPSA) is 129 Å². The summed E-state index contributed by atoms with van der Waals surface area (Å²) >= 11 is 0. The van der Waals surface area contributed by atoms with Crippen molar-refractivity contribution in [3.63, 3.8) is 0 Å². The number of nitrogens with two attached hydrogens (primary N) is 2. The number of carbonyl (C=O) groups is 2. The number of carbonyl (C=O) groups excluding carboxylic acids is 2. The normalized spacial score (nSPS) is 15.7. The van der Waals surface area contributed by atoms with E-state index in [2.05, 4.69) is 15.0 Å². The number of methoxy groups -OCH3 is 1.